The van der Waals surface area contributed by atoms with E-state index in [-0.39, 0.29) is 17.6 Å². The van der Waals surface area contributed by atoms with Crippen molar-refractivity contribution < 1.29 is 9.21 Å². The van der Waals surface area contributed by atoms with Crippen LogP contribution >= 0.6 is 0 Å². The maximum atomic E-state index is 12.5. The third-order valence-electron chi connectivity index (χ3n) is 4.40. The van der Waals surface area contributed by atoms with Gasteiger partial charge in [0.25, 0.3) is 5.91 Å². The van der Waals surface area contributed by atoms with Crippen LogP contribution in [0, 0.1) is 0 Å². The lowest BCUT2D eigenvalue weighted by Gasteiger charge is -2.15. The molecule has 0 aliphatic carbocycles. The number of carbonyl (C=O) groups excluding carboxylic acids is 1. The lowest BCUT2D eigenvalue weighted by Crippen LogP contribution is -2.31. The molecule has 1 aliphatic rings. The largest absolute Gasteiger partial charge is 0.459 e. The first-order valence-corrected chi connectivity index (χ1v) is 7.51. The van der Waals surface area contributed by atoms with Crippen LogP contribution in [0.25, 0.3) is 11.2 Å². The predicted molar refractivity (Wildman–Crippen MR) is 83.2 cm³/mol. The van der Waals surface area contributed by atoms with Crippen molar-refractivity contribution in [2.75, 3.05) is 13.1 Å². The van der Waals surface area contributed by atoms with Gasteiger partial charge in [-0.2, -0.15) is 0 Å². The SMILES string of the molecule is Cn1c(=O)n([C@H]2CCN(C(=O)c3ccco3)C2)c2ncccc21. The average Bonchev–Trinajstić information content (AvgIpc) is 3.29. The van der Waals surface area contributed by atoms with E-state index in [0.717, 1.165) is 11.9 Å². The van der Waals surface area contributed by atoms with Gasteiger partial charge in [0.05, 0.1) is 17.8 Å². The van der Waals surface area contributed by atoms with Crippen LogP contribution in [0.15, 0.2) is 45.9 Å². The molecule has 7 nitrogen and oxygen atoms in total. The van der Waals surface area contributed by atoms with Gasteiger partial charge in [0.1, 0.15) is 0 Å². The topological polar surface area (TPSA) is 73.3 Å². The van der Waals surface area contributed by atoms with Crippen LogP contribution in [-0.2, 0) is 7.05 Å². The Labute approximate surface area is 131 Å². The Hall–Kier alpha value is -2.83. The van der Waals surface area contributed by atoms with Crippen LogP contribution in [0.2, 0.25) is 0 Å². The molecule has 0 N–H and O–H groups in total. The summed E-state index contributed by atoms with van der Waals surface area (Å²) in [6.07, 6.45) is 3.89. The van der Waals surface area contributed by atoms with Gasteiger partial charge in [0.2, 0.25) is 0 Å². The van der Waals surface area contributed by atoms with Gasteiger partial charge in [0.15, 0.2) is 11.4 Å². The summed E-state index contributed by atoms with van der Waals surface area (Å²) in [4.78, 5) is 31.0. The van der Waals surface area contributed by atoms with Gasteiger partial charge in [-0.1, -0.05) is 0 Å². The highest BCUT2D eigenvalue weighted by molar-refractivity contribution is 5.91. The van der Waals surface area contributed by atoms with Crippen molar-refractivity contribution in [2.24, 2.45) is 7.05 Å². The molecule has 118 valence electrons. The summed E-state index contributed by atoms with van der Waals surface area (Å²) in [5.41, 5.74) is 1.36. The van der Waals surface area contributed by atoms with Gasteiger partial charge in [-0.15, -0.1) is 0 Å². The van der Waals surface area contributed by atoms with Crippen molar-refractivity contribution in [3.05, 3.63) is 53.0 Å². The molecule has 23 heavy (non-hydrogen) atoms. The molecule has 1 atom stereocenters. The van der Waals surface area contributed by atoms with Gasteiger partial charge in [-0.3, -0.25) is 13.9 Å². The van der Waals surface area contributed by atoms with Crippen LogP contribution in [-0.4, -0.2) is 38.0 Å². The molecular formula is C16H16N4O3. The summed E-state index contributed by atoms with van der Waals surface area (Å²) in [7, 11) is 1.74. The fourth-order valence-electron chi connectivity index (χ4n) is 3.21. The monoisotopic (exact) mass is 312 g/mol. The van der Waals surface area contributed by atoms with E-state index in [4.69, 9.17) is 4.42 Å². The maximum Gasteiger partial charge on any atom is 0.330 e. The lowest BCUT2D eigenvalue weighted by molar-refractivity contribution is 0.0756. The van der Waals surface area contributed by atoms with Gasteiger partial charge in [-0.25, -0.2) is 9.78 Å². The molecule has 3 aromatic heterocycles. The normalized spacial score (nSPS) is 18.0. The maximum absolute atomic E-state index is 12.5. The minimum Gasteiger partial charge on any atom is -0.459 e. The number of pyridine rings is 1. The van der Waals surface area contributed by atoms with E-state index in [1.807, 2.05) is 12.1 Å². The molecule has 1 saturated heterocycles. The second-order valence-electron chi connectivity index (χ2n) is 5.73. The zero-order valence-electron chi connectivity index (χ0n) is 12.7. The number of aromatic nitrogens is 3. The molecule has 0 spiro atoms. The summed E-state index contributed by atoms with van der Waals surface area (Å²) >= 11 is 0. The molecule has 1 fully saturated rings. The van der Waals surface area contributed by atoms with Crippen LogP contribution in [0.4, 0.5) is 0 Å². The molecule has 4 heterocycles. The second kappa shape index (κ2) is 5.12. The van der Waals surface area contributed by atoms with Crippen LogP contribution in [0.3, 0.4) is 0 Å². The van der Waals surface area contributed by atoms with Crippen LogP contribution in [0.1, 0.15) is 23.0 Å². The third-order valence-corrected chi connectivity index (χ3v) is 4.40. The number of fused-ring (bicyclic) bond motifs is 1. The van der Waals surface area contributed by atoms with E-state index < -0.39 is 0 Å². The van der Waals surface area contributed by atoms with Crippen LogP contribution in [0.5, 0.6) is 0 Å². The highest BCUT2D eigenvalue weighted by atomic mass is 16.3. The number of carbonyl (C=O) groups is 1. The molecule has 0 unspecified atom stereocenters. The quantitative estimate of drug-likeness (QED) is 0.717. The van der Waals surface area contributed by atoms with Crippen molar-refractivity contribution in [3.8, 4) is 0 Å². The zero-order valence-corrected chi connectivity index (χ0v) is 12.7. The van der Waals surface area contributed by atoms with Crippen molar-refractivity contribution in [1.29, 1.82) is 0 Å². The number of imidazole rings is 1. The Balaban J connectivity index is 1.67. The molecule has 7 heteroatoms. The number of amides is 1. The van der Waals surface area contributed by atoms with E-state index in [1.165, 1.54) is 6.26 Å². The highest BCUT2D eigenvalue weighted by Crippen LogP contribution is 2.25. The average molecular weight is 312 g/mol. The molecule has 1 aliphatic heterocycles. The summed E-state index contributed by atoms with van der Waals surface area (Å²) in [5.74, 6) is 0.188. The molecule has 0 aromatic carbocycles. The van der Waals surface area contributed by atoms with E-state index >= 15 is 0 Å². The van der Waals surface area contributed by atoms with Crippen LogP contribution < -0.4 is 5.69 Å². The molecule has 1 amide bonds. The second-order valence-corrected chi connectivity index (χ2v) is 5.73. The van der Waals surface area contributed by atoms with Gasteiger partial charge in [0, 0.05) is 26.3 Å². The molecule has 0 bridgehead atoms. The molecule has 3 aromatic rings. The number of aryl methyl sites for hydroxylation is 1. The van der Waals surface area contributed by atoms with Crippen molar-refractivity contribution in [3.63, 3.8) is 0 Å². The summed E-state index contributed by atoms with van der Waals surface area (Å²) in [5, 5.41) is 0. The number of hydrogen-bond donors (Lipinski definition) is 0. The van der Waals surface area contributed by atoms with E-state index in [9.17, 15) is 9.59 Å². The molecule has 0 saturated carbocycles. The first-order chi connectivity index (χ1) is 11.2. The van der Waals surface area contributed by atoms with Crippen molar-refractivity contribution >= 4 is 17.1 Å². The molecular weight excluding hydrogens is 296 g/mol. The predicted octanol–water partition coefficient (Wildman–Crippen LogP) is 1.42. The minimum atomic E-state index is -0.140. The summed E-state index contributed by atoms with van der Waals surface area (Å²) < 4.78 is 8.47. The van der Waals surface area contributed by atoms with Crippen molar-refractivity contribution in [2.45, 2.75) is 12.5 Å². The van der Waals surface area contributed by atoms with E-state index in [0.29, 0.717) is 24.5 Å². The smallest absolute Gasteiger partial charge is 0.330 e. The number of likely N-dealkylation sites (tertiary alicyclic amines) is 1. The molecule has 0 radical (unpaired) electrons. The Morgan fingerprint density at radius 3 is 3.00 bits per heavy atom. The first-order valence-electron chi connectivity index (χ1n) is 7.51. The third kappa shape index (κ3) is 2.08. The van der Waals surface area contributed by atoms with Gasteiger partial charge in [-0.05, 0) is 30.7 Å². The highest BCUT2D eigenvalue weighted by Gasteiger charge is 2.31. The Kier molecular flexibility index (Phi) is 3.07. The van der Waals surface area contributed by atoms with Gasteiger partial charge >= 0.3 is 5.69 Å². The Morgan fingerprint density at radius 2 is 2.22 bits per heavy atom. The number of furan rings is 1. The Morgan fingerprint density at radius 1 is 1.35 bits per heavy atom. The summed E-state index contributed by atoms with van der Waals surface area (Å²) in [6.45, 7) is 1.08. The van der Waals surface area contributed by atoms with E-state index in [1.54, 1.807) is 39.4 Å². The fourth-order valence-corrected chi connectivity index (χ4v) is 3.21. The Bertz CT molecular complexity index is 923. The zero-order chi connectivity index (χ0) is 16.0. The fraction of sp³-hybridized carbons (Fsp3) is 0.312. The minimum absolute atomic E-state index is 0.0694. The van der Waals surface area contributed by atoms with Crippen molar-refractivity contribution in [1.82, 2.24) is 19.0 Å². The van der Waals surface area contributed by atoms with E-state index in [2.05, 4.69) is 4.98 Å². The number of rotatable bonds is 2. The number of nitrogens with zero attached hydrogens (tertiary/aromatic N) is 4. The van der Waals surface area contributed by atoms with Gasteiger partial charge < -0.3 is 9.32 Å². The first kappa shape index (κ1) is 13.8. The standard InChI is InChI=1S/C16H16N4O3/c1-18-12-4-2-7-17-14(12)20(16(18)22)11-6-8-19(10-11)15(21)13-5-3-9-23-13/h2-5,7,9,11H,6,8,10H2,1H3/t11-/m0/s1. The lowest BCUT2D eigenvalue weighted by atomic mass is 10.2. The number of hydrogen-bond acceptors (Lipinski definition) is 4. The summed E-state index contributed by atoms with van der Waals surface area (Å²) in [6, 6.07) is 6.97. The molecule has 4 rings (SSSR count).